The molecule has 2 rings (SSSR count). The van der Waals surface area contributed by atoms with Crippen molar-refractivity contribution in [3.8, 4) is 0 Å². The maximum absolute atomic E-state index is 11.2. The van der Waals surface area contributed by atoms with Crippen molar-refractivity contribution in [1.82, 2.24) is 4.98 Å². The highest BCUT2D eigenvalue weighted by atomic mass is 16.6. The molecule has 1 aliphatic rings. The summed E-state index contributed by atoms with van der Waals surface area (Å²) in [7, 11) is 0. The van der Waals surface area contributed by atoms with Crippen LogP contribution in [0.25, 0.3) is 0 Å². The molecule has 1 aromatic rings. The molecule has 0 atom stereocenters. The number of aromatic nitrogens is 1. The molecule has 0 saturated carbocycles. The Morgan fingerprint density at radius 3 is 2.87 bits per heavy atom. The lowest BCUT2D eigenvalue weighted by molar-refractivity contribution is -0.0199. The fourth-order valence-electron chi connectivity index (χ4n) is 1.54. The molecule has 5 heteroatoms. The van der Waals surface area contributed by atoms with Gasteiger partial charge in [-0.25, -0.2) is 14.7 Å². The minimum absolute atomic E-state index is 0.0706. The van der Waals surface area contributed by atoms with Crippen molar-refractivity contribution in [3.63, 3.8) is 0 Å². The molecule has 1 fully saturated rings. The van der Waals surface area contributed by atoms with E-state index in [0.29, 0.717) is 5.82 Å². The highest BCUT2D eigenvalue weighted by molar-refractivity contribution is 5.93. The van der Waals surface area contributed by atoms with E-state index in [2.05, 4.69) is 4.98 Å². The zero-order valence-corrected chi connectivity index (χ0v) is 8.60. The minimum atomic E-state index is -0.655. The maximum Gasteiger partial charge on any atom is 0.420 e. The first-order valence-corrected chi connectivity index (χ1v) is 4.63. The number of cyclic esters (lactones) is 1. The lowest BCUT2D eigenvalue weighted by atomic mass is 10.2. The first kappa shape index (κ1) is 9.92. The molecule has 2 heterocycles. The van der Waals surface area contributed by atoms with Crippen LogP contribution < -0.4 is 4.90 Å². The number of amides is 1. The lowest BCUT2D eigenvalue weighted by Gasteiger charge is -2.45. The van der Waals surface area contributed by atoms with Gasteiger partial charge in [0.15, 0.2) is 5.72 Å². The Kier molecular flexibility index (Phi) is 2.12. The van der Waals surface area contributed by atoms with E-state index < -0.39 is 11.8 Å². The van der Waals surface area contributed by atoms with Gasteiger partial charge in [-0.3, -0.25) is 0 Å². The first-order chi connectivity index (χ1) is 7.04. The van der Waals surface area contributed by atoms with Crippen LogP contribution in [0.5, 0.6) is 0 Å². The van der Waals surface area contributed by atoms with E-state index in [1.54, 1.807) is 32.2 Å². The average molecular weight is 208 g/mol. The maximum atomic E-state index is 11.2. The number of pyridine rings is 1. The molecule has 1 N–H and O–H groups in total. The molecule has 0 radical (unpaired) electrons. The van der Waals surface area contributed by atoms with E-state index in [1.165, 1.54) is 4.90 Å². The number of hydrogen-bond donors (Lipinski definition) is 1. The Balaban J connectivity index is 2.33. The number of ether oxygens (including phenoxy) is 1. The third kappa shape index (κ3) is 1.55. The molecule has 0 bridgehead atoms. The fourth-order valence-corrected chi connectivity index (χ4v) is 1.54. The monoisotopic (exact) mass is 208 g/mol. The standard InChI is InChI=1S/C10H12N2O3/c1-10(2)12(9(14)15-10)8-5-7(6-13)3-4-11-8/h3-5,13H,6H2,1-2H3. The summed E-state index contributed by atoms with van der Waals surface area (Å²) >= 11 is 0. The van der Waals surface area contributed by atoms with E-state index in [-0.39, 0.29) is 6.61 Å². The number of rotatable bonds is 2. The molecule has 1 amide bonds. The Labute approximate surface area is 87.3 Å². The van der Waals surface area contributed by atoms with Gasteiger partial charge in [-0.15, -0.1) is 0 Å². The van der Waals surface area contributed by atoms with Crippen LogP contribution in [0.2, 0.25) is 0 Å². The molecular weight excluding hydrogens is 196 g/mol. The Bertz CT molecular complexity index is 403. The van der Waals surface area contributed by atoms with E-state index >= 15 is 0 Å². The second-order valence-corrected chi connectivity index (χ2v) is 3.83. The largest absolute Gasteiger partial charge is 0.422 e. The third-order valence-electron chi connectivity index (χ3n) is 2.28. The van der Waals surface area contributed by atoms with Crippen molar-refractivity contribution >= 4 is 11.9 Å². The summed E-state index contributed by atoms with van der Waals surface area (Å²) in [5.74, 6) is 0.503. The molecule has 0 spiro atoms. The van der Waals surface area contributed by atoms with Crippen molar-refractivity contribution < 1.29 is 14.6 Å². The molecule has 0 aliphatic carbocycles. The Morgan fingerprint density at radius 1 is 1.60 bits per heavy atom. The molecule has 1 aliphatic heterocycles. The molecule has 1 saturated heterocycles. The number of hydrogen-bond acceptors (Lipinski definition) is 4. The highest BCUT2D eigenvalue weighted by Crippen LogP contribution is 2.33. The van der Waals surface area contributed by atoms with Crippen LogP contribution in [-0.4, -0.2) is 21.9 Å². The molecule has 0 aromatic carbocycles. The summed E-state index contributed by atoms with van der Waals surface area (Å²) in [6.45, 7) is 3.49. The van der Waals surface area contributed by atoms with Crippen molar-refractivity contribution in [2.75, 3.05) is 4.90 Å². The molecule has 15 heavy (non-hydrogen) atoms. The van der Waals surface area contributed by atoms with Crippen molar-refractivity contribution in [2.24, 2.45) is 0 Å². The first-order valence-electron chi connectivity index (χ1n) is 4.63. The van der Waals surface area contributed by atoms with Gasteiger partial charge in [-0.1, -0.05) is 0 Å². The summed E-state index contributed by atoms with van der Waals surface area (Å²) in [5, 5.41) is 8.97. The van der Waals surface area contributed by atoms with E-state index in [9.17, 15) is 4.79 Å². The molecular formula is C10H12N2O3. The number of anilines is 1. The number of aliphatic hydroxyl groups is 1. The molecule has 0 unspecified atom stereocenters. The van der Waals surface area contributed by atoms with E-state index in [0.717, 1.165) is 5.56 Å². The zero-order chi connectivity index (χ0) is 11.1. The smallest absolute Gasteiger partial charge is 0.420 e. The Hall–Kier alpha value is -1.62. The van der Waals surface area contributed by atoms with Gasteiger partial charge in [0.1, 0.15) is 5.82 Å². The van der Waals surface area contributed by atoms with Gasteiger partial charge in [0.05, 0.1) is 6.61 Å². The van der Waals surface area contributed by atoms with Gasteiger partial charge in [-0.2, -0.15) is 0 Å². The predicted octanol–water partition coefficient (Wildman–Crippen LogP) is 1.27. The normalized spacial score (nSPS) is 18.3. The summed E-state index contributed by atoms with van der Waals surface area (Å²) in [4.78, 5) is 16.8. The number of nitrogens with zero attached hydrogens (tertiary/aromatic N) is 2. The van der Waals surface area contributed by atoms with Crippen molar-refractivity contribution in [2.45, 2.75) is 26.2 Å². The Morgan fingerprint density at radius 2 is 2.33 bits per heavy atom. The van der Waals surface area contributed by atoms with Crippen LogP contribution in [0.15, 0.2) is 18.3 Å². The van der Waals surface area contributed by atoms with Gasteiger partial charge in [0.2, 0.25) is 0 Å². The zero-order valence-electron chi connectivity index (χ0n) is 8.60. The average Bonchev–Trinajstić information content (AvgIpc) is 2.16. The van der Waals surface area contributed by atoms with Gasteiger partial charge < -0.3 is 9.84 Å². The highest BCUT2D eigenvalue weighted by Gasteiger charge is 2.47. The van der Waals surface area contributed by atoms with E-state index in [4.69, 9.17) is 9.84 Å². The van der Waals surface area contributed by atoms with Crippen molar-refractivity contribution in [3.05, 3.63) is 23.9 Å². The summed E-state index contributed by atoms with van der Waals surface area (Å²) in [5.41, 5.74) is 0.0635. The quantitative estimate of drug-likeness (QED) is 0.794. The second kappa shape index (κ2) is 3.20. The van der Waals surface area contributed by atoms with E-state index in [1.807, 2.05) is 0 Å². The number of carbonyl (C=O) groups is 1. The fraction of sp³-hybridized carbons (Fsp3) is 0.400. The van der Waals surface area contributed by atoms with Crippen LogP contribution in [0, 0.1) is 0 Å². The summed E-state index contributed by atoms with van der Waals surface area (Å²) in [6, 6.07) is 3.36. The molecule has 5 nitrogen and oxygen atoms in total. The van der Waals surface area contributed by atoms with Crippen LogP contribution in [0.4, 0.5) is 10.6 Å². The second-order valence-electron chi connectivity index (χ2n) is 3.83. The van der Waals surface area contributed by atoms with Crippen LogP contribution in [0.3, 0.4) is 0 Å². The number of aliphatic hydroxyl groups excluding tert-OH is 1. The predicted molar refractivity (Wildman–Crippen MR) is 53.2 cm³/mol. The van der Waals surface area contributed by atoms with Crippen LogP contribution in [0.1, 0.15) is 19.4 Å². The van der Waals surface area contributed by atoms with Crippen molar-refractivity contribution in [1.29, 1.82) is 0 Å². The van der Waals surface area contributed by atoms with Gasteiger partial charge in [0, 0.05) is 6.20 Å². The third-order valence-corrected chi connectivity index (χ3v) is 2.28. The van der Waals surface area contributed by atoms with Gasteiger partial charge in [-0.05, 0) is 31.5 Å². The van der Waals surface area contributed by atoms with Gasteiger partial charge >= 0.3 is 6.09 Å². The summed E-state index contributed by atoms with van der Waals surface area (Å²) < 4.78 is 4.95. The lowest BCUT2D eigenvalue weighted by Crippen LogP contribution is -2.62. The minimum Gasteiger partial charge on any atom is -0.422 e. The van der Waals surface area contributed by atoms with Crippen LogP contribution in [-0.2, 0) is 11.3 Å². The molecule has 1 aromatic heterocycles. The SMILES string of the molecule is CC1(C)OC(=O)N1c1cc(CO)ccn1. The number of carbonyl (C=O) groups excluding carboxylic acids is 1. The molecule has 80 valence electrons. The van der Waals surface area contributed by atoms with Crippen LogP contribution >= 0.6 is 0 Å². The topological polar surface area (TPSA) is 62.7 Å². The summed E-state index contributed by atoms with van der Waals surface area (Å²) in [6.07, 6.45) is 1.14. The van der Waals surface area contributed by atoms with Gasteiger partial charge in [0.25, 0.3) is 0 Å².